The molecular weight excluding hydrogens is 268 g/mol. The number of carbonyl (C=O) groups is 2. The molecule has 2 bridgehead atoms. The highest BCUT2D eigenvalue weighted by atomic mass is 16.5. The number of carbonyl (C=O) groups excluding carboxylic acids is 2. The Labute approximate surface area is 126 Å². The van der Waals surface area contributed by atoms with Crippen LogP contribution in [0.15, 0.2) is 0 Å². The van der Waals surface area contributed by atoms with E-state index in [4.69, 9.17) is 4.74 Å². The van der Waals surface area contributed by atoms with Gasteiger partial charge in [0.15, 0.2) is 0 Å². The Kier molecular flexibility index (Phi) is 3.95. The van der Waals surface area contributed by atoms with Gasteiger partial charge in [-0.3, -0.25) is 9.59 Å². The van der Waals surface area contributed by atoms with E-state index < -0.39 is 0 Å². The Balaban J connectivity index is 1.55. The summed E-state index contributed by atoms with van der Waals surface area (Å²) in [5, 5.41) is 3.49. The van der Waals surface area contributed by atoms with Crippen molar-refractivity contribution >= 4 is 11.9 Å². The molecular formula is C16H26N2O3. The lowest BCUT2D eigenvalue weighted by molar-refractivity contribution is -0.154. The standard InChI is InChI=1S/C16H26N2O3/c1-2-21-14(20)15-5-7-16(12-15,8-6-15)17-11-13(19)18-9-3-4-10-18/h17H,2-12H2,1H3. The summed E-state index contributed by atoms with van der Waals surface area (Å²) in [5.41, 5.74) is -0.290. The molecule has 3 fully saturated rings. The van der Waals surface area contributed by atoms with Crippen LogP contribution in [-0.4, -0.2) is 48.6 Å². The molecule has 0 aromatic carbocycles. The summed E-state index contributed by atoms with van der Waals surface area (Å²) < 4.78 is 5.26. The van der Waals surface area contributed by atoms with Crippen molar-refractivity contribution in [2.24, 2.45) is 5.41 Å². The van der Waals surface area contributed by atoms with Crippen LogP contribution >= 0.6 is 0 Å². The third-order valence-electron chi connectivity index (χ3n) is 5.62. The summed E-state index contributed by atoms with van der Waals surface area (Å²) in [5.74, 6) is 0.180. The van der Waals surface area contributed by atoms with Crippen LogP contribution in [-0.2, 0) is 14.3 Å². The molecule has 5 heteroatoms. The molecule has 5 nitrogen and oxygen atoms in total. The second kappa shape index (κ2) is 5.59. The van der Waals surface area contributed by atoms with E-state index >= 15 is 0 Å². The number of likely N-dealkylation sites (tertiary alicyclic amines) is 1. The van der Waals surface area contributed by atoms with Gasteiger partial charge in [0.05, 0.1) is 18.6 Å². The van der Waals surface area contributed by atoms with Gasteiger partial charge in [0.1, 0.15) is 0 Å². The number of amides is 1. The van der Waals surface area contributed by atoms with Crippen LogP contribution in [0.25, 0.3) is 0 Å². The fraction of sp³-hybridized carbons (Fsp3) is 0.875. The van der Waals surface area contributed by atoms with Crippen molar-refractivity contribution in [1.82, 2.24) is 10.2 Å². The number of esters is 1. The summed E-state index contributed by atoms with van der Waals surface area (Å²) in [4.78, 5) is 26.3. The van der Waals surface area contributed by atoms with E-state index in [1.807, 2.05) is 11.8 Å². The SMILES string of the molecule is CCOC(=O)C12CCC(NCC(=O)N3CCCC3)(CC1)C2. The maximum atomic E-state index is 12.2. The number of fused-ring (bicyclic) bond motifs is 2. The van der Waals surface area contributed by atoms with E-state index in [1.165, 1.54) is 0 Å². The predicted octanol–water partition coefficient (Wildman–Crippen LogP) is 1.46. The molecule has 2 aliphatic carbocycles. The summed E-state index contributed by atoms with van der Waals surface area (Å²) in [6, 6.07) is 0. The van der Waals surface area contributed by atoms with Crippen LogP contribution < -0.4 is 5.32 Å². The zero-order valence-electron chi connectivity index (χ0n) is 13.0. The lowest BCUT2D eigenvalue weighted by atomic mass is 9.84. The minimum absolute atomic E-state index is 0.0118. The van der Waals surface area contributed by atoms with E-state index in [1.54, 1.807) is 0 Å². The molecule has 1 N–H and O–H groups in total. The Morgan fingerprint density at radius 2 is 1.81 bits per heavy atom. The van der Waals surface area contributed by atoms with Crippen molar-refractivity contribution in [2.45, 2.75) is 57.4 Å². The normalized spacial score (nSPS) is 34.4. The van der Waals surface area contributed by atoms with E-state index in [9.17, 15) is 9.59 Å². The van der Waals surface area contributed by atoms with E-state index in [-0.39, 0.29) is 22.8 Å². The largest absolute Gasteiger partial charge is 0.466 e. The van der Waals surface area contributed by atoms with Gasteiger partial charge in [0, 0.05) is 18.6 Å². The molecule has 21 heavy (non-hydrogen) atoms. The third-order valence-corrected chi connectivity index (χ3v) is 5.62. The summed E-state index contributed by atoms with van der Waals surface area (Å²) >= 11 is 0. The molecule has 0 aromatic heterocycles. The van der Waals surface area contributed by atoms with Crippen molar-refractivity contribution in [1.29, 1.82) is 0 Å². The Morgan fingerprint density at radius 3 is 2.43 bits per heavy atom. The first kappa shape index (κ1) is 14.8. The van der Waals surface area contributed by atoms with Crippen LogP contribution in [0.3, 0.4) is 0 Å². The Bertz CT molecular complexity index is 421. The van der Waals surface area contributed by atoms with E-state index in [0.29, 0.717) is 13.2 Å². The van der Waals surface area contributed by atoms with Crippen LogP contribution in [0.4, 0.5) is 0 Å². The number of hydrogen-bond donors (Lipinski definition) is 1. The minimum atomic E-state index is -0.278. The van der Waals surface area contributed by atoms with E-state index in [0.717, 1.165) is 58.0 Å². The first-order chi connectivity index (χ1) is 10.1. The molecule has 0 unspecified atom stereocenters. The highest BCUT2D eigenvalue weighted by Crippen LogP contribution is 2.57. The smallest absolute Gasteiger partial charge is 0.312 e. The molecule has 0 atom stereocenters. The molecule has 3 rings (SSSR count). The van der Waals surface area contributed by atoms with Crippen molar-refractivity contribution in [3.8, 4) is 0 Å². The van der Waals surface area contributed by atoms with Crippen molar-refractivity contribution in [3.05, 3.63) is 0 Å². The molecule has 3 aliphatic rings. The Morgan fingerprint density at radius 1 is 1.14 bits per heavy atom. The van der Waals surface area contributed by atoms with Gasteiger partial charge < -0.3 is 15.0 Å². The molecule has 1 amide bonds. The Hall–Kier alpha value is -1.10. The molecule has 2 saturated carbocycles. The topological polar surface area (TPSA) is 58.6 Å². The van der Waals surface area contributed by atoms with Gasteiger partial charge in [0.25, 0.3) is 0 Å². The summed E-state index contributed by atoms with van der Waals surface area (Å²) in [6.45, 7) is 4.53. The number of nitrogens with zero attached hydrogens (tertiary/aromatic N) is 1. The van der Waals surface area contributed by atoms with Crippen molar-refractivity contribution < 1.29 is 14.3 Å². The van der Waals surface area contributed by atoms with Crippen LogP contribution in [0.5, 0.6) is 0 Å². The molecule has 1 saturated heterocycles. The van der Waals surface area contributed by atoms with Gasteiger partial charge in [-0.15, -0.1) is 0 Å². The first-order valence-corrected chi connectivity index (χ1v) is 8.29. The highest BCUT2D eigenvalue weighted by molar-refractivity contribution is 5.79. The number of rotatable bonds is 5. The van der Waals surface area contributed by atoms with Crippen LogP contribution in [0, 0.1) is 5.41 Å². The lowest BCUT2D eigenvalue weighted by Crippen LogP contribution is -2.47. The van der Waals surface area contributed by atoms with Gasteiger partial charge in [-0.2, -0.15) is 0 Å². The number of nitrogens with one attached hydrogen (secondary N) is 1. The molecule has 118 valence electrons. The fourth-order valence-electron chi connectivity index (χ4n) is 4.35. The average molecular weight is 294 g/mol. The second-order valence-electron chi connectivity index (χ2n) is 6.90. The average Bonchev–Trinajstić information content (AvgIpc) is 3.20. The summed E-state index contributed by atoms with van der Waals surface area (Å²) in [6.07, 6.45) is 6.86. The maximum Gasteiger partial charge on any atom is 0.312 e. The fourth-order valence-corrected chi connectivity index (χ4v) is 4.35. The second-order valence-corrected chi connectivity index (χ2v) is 6.90. The van der Waals surface area contributed by atoms with Crippen molar-refractivity contribution in [3.63, 3.8) is 0 Å². The predicted molar refractivity (Wildman–Crippen MR) is 78.7 cm³/mol. The van der Waals surface area contributed by atoms with E-state index in [2.05, 4.69) is 5.32 Å². The lowest BCUT2D eigenvalue weighted by Gasteiger charge is -2.29. The zero-order chi connectivity index (χ0) is 14.9. The third kappa shape index (κ3) is 2.68. The van der Waals surface area contributed by atoms with Crippen molar-refractivity contribution in [2.75, 3.05) is 26.2 Å². The molecule has 1 aliphatic heterocycles. The van der Waals surface area contributed by atoms with Gasteiger partial charge in [-0.25, -0.2) is 0 Å². The molecule has 0 radical (unpaired) electrons. The van der Waals surface area contributed by atoms with Gasteiger partial charge in [-0.1, -0.05) is 0 Å². The monoisotopic (exact) mass is 294 g/mol. The number of ether oxygens (including phenoxy) is 1. The maximum absolute atomic E-state index is 12.2. The van der Waals surface area contributed by atoms with Crippen LogP contribution in [0.1, 0.15) is 51.9 Å². The highest BCUT2D eigenvalue weighted by Gasteiger charge is 2.58. The zero-order valence-corrected chi connectivity index (χ0v) is 13.0. The molecule has 0 spiro atoms. The summed E-state index contributed by atoms with van der Waals surface area (Å²) in [7, 11) is 0. The molecule has 0 aromatic rings. The minimum Gasteiger partial charge on any atom is -0.466 e. The van der Waals surface area contributed by atoms with Gasteiger partial charge >= 0.3 is 5.97 Å². The molecule has 1 heterocycles. The van der Waals surface area contributed by atoms with Crippen LogP contribution in [0.2, 0.25) is 0 Å². The van der Waals surface area contributed by atoms with Gasteiger partial charge in [0.2, 0.25) is 5.91 Å². The van der Waals surface area contributed by atoms with Gasteiger partial charge in [-0.05, 0) is 51.9 Å². The first-order valence-electron chi connectivity index (χ1n) is 8.29. The quantitative estimate of drug-likeness (QED) is 0.780. The number of hydrogen-bond acceptors (Lipinski definition) is 4.